The molecule has 1 unspecified atom stereocenters. The Morgan fingerprint density at radius 2 is 2.16 bits per heavy atom. The van der Waals surface area contributed by atoms with Gasteiger partial charge in [-0.3, -0.25) is 0 Å². The van der Waals surface area contributed by atoms with Gasteiger partial charge in [0.1, 0.15) is 24.0 Å². The summed E-state index contributed by atoms with van der Waals surface area (Å²) in [5.41, 5.74) is 3.38. The minimum absolute atomic E-state index is 0.510. The normalized spacial score (nSPS) is 19.7. The van der Waals surface area contributed by atoms with E-state index in [1.165, 1.54) is 30.5 Å². The van der Waals surface area contributed by atoms with Crippen LogP contribution in [0.15, 0.2) is 24.3 Å². The summed E-state index contributed by atoms with van der Waals surface area (Å²) in [7, 11) is 2.23. The molecule has 1 fully saturated rings. The molecular weight excluding hydrogens is 312 g/mol. The smallest absolute Gasteiger partial charge is 0.133 e. The van der Waals surface area contributed by atoms with Crippen molar-refractivity contribution < 1.29 is 4.74 Å². The molecule has 0 spiro atoms. The van der Waals surface area contributed by atoms with Gasteiger partial charge in [0.2, 0.25) is 0 Å². The number of nitrogens with one attached hydrogen (secondary N) is 1. The van der Waals surface area contributed by atoms with E-state index in [2.05, 4.69) is 34.4 Å². The lowest BCUT2D eigenvalue weighted by atomic mass is 10.0. The van der Waals surface area contributed by atoms with E-state index in [9.17, 15) is 0 Å². The second-order valence-electron chi connectivity index (χ2n) is 7.11. The number of aromatic nitrogens is 2. The van der Waals surface area contributed by atoms with Crippen LogP contribution in [0.25, 0.3) is 0 Å². The Morgan fingerprint density at radius 1 is 1.28 bits per heavy atom. The van der Waals surface area contributed by atoms with Gasteiger partial charge in [-0.05, 0) is 51.4 Å². The van der Waals surface area contributed by atoms with Gasteiger partial charge >= 0.3 is 0 Å². The molecule has 4 rings (SSSR count). The molecule has 0 amide bonds. The second kappa shape index (κ2) is 7.00. The summed E-state index contributed by atoms with van der Waals surface area (Å²) in [6, 6.07) is 8.93. The third-order valence-corrected chi connectivity index (χ3v) is 5.35. The van der Waals surface area contributed by atoms with Crippen molar-refractivity contribution >= 4 is 5.82 Å². The first-order chi connectivity index (χ1) is 12.2. The van der Waals surface area contributed by atoms with Crippen LogP contribution in [0.1, 0.15) is 41.9 Å². The summed E-state index contributed by atoms with van der Waals surface area (Å²) in [6.45, 7) is 4.63. The number of anilines is 1. The highest BCUT2D eigenvalue weighted by molar-refractivity contribution is 5.52. The van der Waals surface area contributed by atoms with E-state index in [-0.39, 0.29) is 0 Å². The van der Waals surface area contributed by atoms with Gasteiger partial charge in [-0.15, -0.1) is 0 Å². The van der Waals surface area contributed by atoms with Crippen LogP contribution in [0.2, 0.25) is 0 Å². The molecule has 0 aliphatic carbocycles. The highest BCUT2D eigenvalue weighted by atomic mass is 16.5. The number of nitrogens with zero attached hydrogens (tertiary/aromatic N) is 3. The first-order valence-electron chi connectivity index (χ1n) is 9.22. The number of hydrogen-bond donors (Lipinski definition) is 1. The van der Waals surface area contributed by atoms with Gasteiger partial charge in [0, 0.05) is 24.6 Å². The molecule has 1 atom stereocenters. The van der Waals surface area contributed by atoms with Crippen molar-refractivity contribution in [2.45, 2.75) is 45.3 Å². The number of likely N-dealkylation sites (tertiary alicyclic amines) is 1. The molecule has 2 aromatic rings. The van der Waals surface area contributed by atoms with Crippen molar-refractivity contribution in [1.29, 1.82) is 0 Å². The maximum atomic E-state index is 5.96. The van der Waals surface area contributed by atoms with Gasteiger partial charge in [0.25, 0.3) is 0 Å². The predicted octanol–water partition coefficient (Wildman–Crippen LogP) is 3.16. The Labute approximate surface area is 149 Å². The van der Waals surface area contributed by atoms with Crippen molar-refractivity contribution in [2.24, 2.45) is 0 Å². The van der Waals surface area contributed by atoms with Gasteiger partial charge < -0.3 is 15.0 Å². The van der Waals surface area contributed by atoms with Crippen LogP contribution in [0.5, 0.6) is 5.75 Å². The third kappa shape index (κ3) is 3.47. The fourth-order valence-electron chi connectivity index (χ4n) is 3.93. The van der Waals surface area contributed by atoms with Gasteiger partial charge in [0.05, 0.1) is 5.69 Å². The van der Waals surface area contributed by atoms with Crippen LogP contribution in [0, 0.1) is 6.92 Å². The Hall–Kier alpha value is -2.14. The Kier molecular flexibility index (Phi) is 4.57. The average molecular weight is 338 g/mol. The third-order valence-electron chi connectivity index (χ3n) is 5.35. The highest BCUT2D eigenvalue weighted by Gasteiger charge is 2.22. The van der Waals surface area contributed by atoms with Crippen LogP contribution in [0.4, 0.5) is 5.82 Å². The lowest BCUT2D eigenvalue weighted by Crippen LogP contribution is -2.27. The van der Waals surface area contributed by atoms with E-state index in [4.69, 9.17) is 9.72 Å². The molecule has 0 radical (unpaired) electrons. The quantitative estimate of drug-likeness (QED) is 0.928. The van der Waals surface area contributed by atoms with Crippen molar-refractivity contribution in [3.8, 4) is 5.75 Å². The van der Waals surface area contributed by atoms with Crippen LogP contribution in [-0.4, -0.2) is 41.0 Å². The Bertz CT molecular complexity index is 761. The molecule has 5 nitrogen and oxygen atoms in total. The molecule has 3 heterocycles. The first kappa shape index (κ1) is 16.3. The number of hydrogen-bond acceptors (Lipinski definition) is 5. The average Bonchev–Trinajstić information content (AvgIpc) is 2.91. The predicted molar refractivity (Wildman–Crippen MR) is 99.1 cm³/mol. The lowest BCUT2D eigenvalue weighted by molar-refractivity contribution is 0.300. The molecule has 1 saturated heterocycles. The zero-order valence-corrected chi connectivity index (χ0v) is 15.1. The Morgan fingerprint density at radius 3 is 3.00 bits per heavy atom. The maximum absolute atomic E-state index is 5.96. The minimum Gasteiger partial charge on any atom is -0.487 e. The SMILES string of the molecule is Cc1nc2c(c(NCCC3CCCN3C)n1)Cc1ccccc1OC2. The number of aryl methyl sites for hydroxylation is 1. The minimum atomic E-state index is 0.510. The molecule has 132 valence electrons. The number of ether oxygens (including phenoxy) is 1. The summed E-state index contributed by atoms with van der Waals surface area (Å²) < 4.78 is 5.96. The molecular formula is C20H26N4O. The summed E-state index contributed by atoms with van der Waals surface area (Å²) in [4.78, 5) is 11.8. The topological polar surface area (TPSA) is 50.3 Å². The van der Waals surface area contributed by atoms with E-state index >= 15 is 0 Å². The molecule has 5 heteroatoms. The molecule has 1 aromatic heterocycles. The molecule has 2 aliphatic rings. The summed E-state index contributed by atoms with van der Waals surface area (Å²) in [6.07, 6.45) is 4.59. The fourth-order valence-corrected chi connectivity index (χ4v) is 3.93. The molecule has 2 aliphatic heterocycles. The largest absolute Gasteiger partial charge is 0.487 e. The van der Waals surface area contributed by atoms with Gasteiger partial charge in [0.15, 0.2) is 0 Å². The second-order valence-corrected chi connectivity index (χ2v) is 7.11. The van der Waals surface area contributed by atoms with E-state index in [0.717, 1.165) is 42.5 Å². The molecule has 0 saturated carbocycles. The number of rotatable bonds is 4. The fraction of sp³-hybridized carbons (Fsp3) is 0.500. The van der Waals surface area contributed by atoms with Crippen LogP contribution < -0.4 is 10.1 Å². The number of fused-ring (bicyclic) bond motifs is 2. The van der Waals surface area contributed by atoms with Crippen molar-refractivity contribution in [2.75, 3.05) is 25.5 Å². The number of para-hydroxylation sites is 1. The van der Waals surface area contributed by atoms with Gasteiger partial charge in [-0.2, -0.15) is 0 Å². The van der Waals surface area contributed by atoms with Gasteiger partial charge in [-0.25, -0.2) is 9.97 Å². The van der Waals surface area contributed by atoms with E-state index in [0.29, 0.717) is 12.6 Å². The number of benzene rings is 1. The van der Waals surface area contributed by atoms with Gasteiger partial charge in [-0.1, -0.05) is 18.2 Å². The van der Waals surface area contributed by atoms with Crippen LogP contribution in [-0.2, 0) is 13.0 Å². The zero-order valence-electron chi connectivity index (χ0n) is 15.1. The molecule has 1 N–H and O–H groups in total. The van der Waals surface area contributed by atoms with E-state index in [1.807, 2.05) is 19.1 Å². The standard InChI is InChI=1S/C20H26N4O/c1-14-22-18-13-25-19-8-4-3-6-15(19)12-17(18)20(23-14)21-10-9-16-7-5-11-24(16)2/h3-4,6,8,16H,5,7,9-13H2,1-2H3,(H,21,22,23). The van der Waals surface area contributed by atoms with Crippen molar-refractivity contribution in [3.63, 3.8) is 0 Å². The molecule has 0 bridgehead atoms. The first-order valence-corrected chi connectivity index (χ1v) is 9.22. The maximum Gasteiger partial charge on any atom is 0.133 e. The van der Waals surface area contributed by atoms with Crippen LogP contribution in [0.3, 0.4) is 0 Å². The van der Waals surface area contributed by atoms with Crippen LogP contribution >= 0.6 is 0 Å². The van der Waals surface area contributed by atoms with Crippen molar-refractivity contribution in [3.05, 3.63) is 46.9 Å². The monoisotopic (exact) mass is 338 g/mol. The summed E-state index contributed by atoms with van der Waals surface area (Å²) in [5.74, 6) is 2.73. The van der Waals surface area contributed by atoms with E-state index < -0.39 is 0 Å². The van der Waals surface area contributed by atoms with E-state index in [1.54, 1.807) is 0 Å². The van der Waals surface area contributed by atoms with Crippen molar-refractivity contribution in [1.82, 2.24) is 14.9 Å². The molecule has 25 heavy (non-hydrogen) atoms. The Balaban J connectivity index is 1.54. The highest BCUT2D eigenvalue weighted by Crippen LogP contribution is 2.30. The summed E-state index contributed by atoms with van der Waals surface area (Å²) in [5, 5.41) is 3.59. The lowest BCUT2D eigenvalue weighted by Gasteiger charge is -2.20. The summed E-state index contributed by atoms with van der Waals surface area (Å²) >= 11 is 0. The zero-order chi connectivity index (χ0) is 17.2. The molecule has 1 aromatic carbocycles.